The highest BCUT2D eigenvalue weighted by Gasteiger charge is 2.30. The van der Waals surface area contributed by atoms with Crippen molar-refractivity contribution in [2.45, 2.75) is 65.3 Å². The summed E-state index contributed by atoms with van der Waals surface area (Å²) in [6, 6.07) is 0.709. The number of aliphatic hydroxyl groups excluding tert-OH is 1. The van der Waals surface area contributed by atoms with E-state index in [0.717, 1.165) is 37.9 Å². The Morgan fingerprint density at radius 2 is 2.00 bits per heavy atom. The van der Waals surface area contributed by atoms with E-state index in [9.17, 15) is 0 Å². The molecule has 0 heterocycles. The summed E-state index contributed by atoms with van der Waals surface area (Å²) < 4.78 is 0. The SMILES string of the molecule is CCCNC1CCC(CC)CC1CN(CC)CCCO. The van der Waals surface area contributed by atoms with Crippen LogP contribution < -0.4 is 5.32 Å². The van der Waals surface area contributed by atoms with Crippen LogP contribution in [0.3, 0.4) is 0 Å². The minimum atomic E-state index is 0.316. The van der Waals surface area contributed by atoms with Gasteiger partial charge in [-0.25, -0.2) is 0 Å². The van der Waals surface area contributed by atoms with Crippen LogP contribution in [-0.4, -0.2) is 48.8 Å². The Balaban J connectivity index is 2.52. The van der Waals surface area contributed by atoms with Gasteiger partial charge in [-0.3, -0.25) is 0 Å². The average Bonchev–Trinajstić information content (AvgIpc) is 2.49. The van der Waals surface area contributed by atoms with E-state index < -0.39 is 0 Å². The highest BCUT2D eigenvalue weighted by atomic mass is 16.3. The Kier molecular flexibility index (Phi) is 9.49. The molecule has 0 aromatic heterocycles. The first-order chi connectivity index (χ1) is 9.74. The van der Waals surface area contributed by atoms with E-state index in [-0.39, 0.29) is 0 Å². The van der Waals surface area contributed by atoms with E-state index in [1.54, 1.807) is 0 Å². The molecule has 0 radical (unpaired) electrons. The van der Waals surface area contributed by atoms with E-state index in [1.807, 2.05) is 0 Å². The highest BCUT2D eigenvalue weighted by molar-refractivity contribution is 4.86. The van der Waals surface area contributed by atoms with Crippen molar-refractivity contribution in [3.63, 3.8) is 0 Å². The zero-order chi connectivity index (χ0) is 14.8. The van der Waals surface area contributed by atoms with Gasteiger partial charge in [-0.05, 0) is 57.0 Å². The molecule has 1 aliphatic carbocycles. The normalized spacial score (nSPS) is 27.1. The summed E-state index contributed by atoms with van der Waals surface area (Å²) in [6.45, 7) is 11.6. The lowest BCUT2D eigenvalue weighted by Gasteiger charge is -2.39. The Hall–Kier alpha value is -0.120. The number of aliphatic hydroxyl groups is 1. The fraction of sp³-hybridized carbons (Fsp3) is 1.00. The van der Waals surface area contributed by atoms with Crippen LogP contribution >= 0.6 is 0 Å². The van der Waals surface area contributed by atoms with Gasteiger partial charge >= 0.3 is 0 Å². The molecule has 0 bridgehead atoms. The van der Waals surface area contributed by atoms with E-state index >= 15 is 0 Å². The zero-order valence-electron chi connectivity index (χ0n) is 13.9. The van der Waals surface area contributed by atoms with Gasteiger partial charge in [0.2, 0.25) is 0 Å². The first kappa shape index (κ1) is 17.9. The summed E-state index contributed by atoms with van der Waals surface area (Å²) in [5.74, 6) is 1.72. The number of hydrogen-bond donors (Lipinski definition) is 2. The van der Waals surface area contributed by atoms with Crippen molar-refractivity contribution in [2.75, 3.05) is 32.8 Å². The largest absolute Gasteiger partial charge is 0.396 e. The quantitative estimate of drug-likeness (QED) is 0.647. The molecule has 1 aliphatic rings. The Bertz CT molecular complexity index is 235. The molecule has 3 heteroatoms. The van der Waals surface area contributed by atoms with Crippen molar-refractivity contribution in [3.8, 4) is 0 Å². The topological polar surface area (TPSA) is 35.5 Å². The van der Waals surface area contributed by atoms with Crippen LogP contribution in [-0.2, 0) is 0 Å². The molecule has 0 saturated heterocycles. The maximum absolute atomic E-state index is 9.03. The summed E-state index contributed by atoms with van der Waals surface area (Å²) in [4.78, 5) is 2.53. The van der Waals surface area contributed by atoms with E-state index in [1.165, 1.54) is 38.6 Å². The maximum atomic E-state index is 9.03. The second-order valence-electron chi connectivity index (χ2n) is 6.38. The standard InChI is InChI=1S/C17H36N2O/c1-4-10-18-17-9-8-15(5-2)13-16(17)14-19(6-3)11-7-12-20/h15-18,20H,4-14H2,1-3H3. The second kappa shape index (κ2) is 10.6. The van der Waals surface area contributed by atoms with Crippen LogP contribution in [0, 0.1) is 11.8 Å². The second-order valence-corrected chi connectivity index (χ2v) is 6.38. The van der Waals surface area contributed by atoms with Crippen molar-refractivity contribution >= 4 is 0 Å². The van der Waals surface area contributed by atoms with Gasteiger partial charge in [-0.15, -0.1) is 0 Å². The summed E-state index contributed by atoms with van der Waals surface area (Å²) in [7, 11) is 0. The smallest absolute Gasteiger partial charge is 0.0443 e. The number of nitrogens with one attached hydrogen (secondary N) is 1. The molecule has 1 saturated carbocycles. The lowest BCUT2D eigenvalue weighted by atomic mass is 9.76. The van der Waals surface area contributed by atoms with Crippen molar-refractivity contribution < 1.29 is 5.11 Å². The molecule has 3 atom stereocenters. The van der Waals surface area contributed by atoms with E-state index in [2.05, 4.69) is 31.0 Å². The summed E-state index contributed by atoms with van der Waals surface area (Å²) >= 11 is 0. The van der Waals surface area contributed by atoms with Gasteiger partial charge in [0, 0.05) is 25.7 Å². The molecule has 3 unspecified atom stereocenters. The average molecular weight is 284 g/mol. The molecular weight excluding hydrogens is 248 g/mol. The predicted octanol–water partition coefficient (Wildman–Crippen LogP) is 2.89. The number of nitrogens with zero attached hydrogens (tertiary/aromatic N) is 1. The van der Waals surface area contributed by atoms with Crippen molar-refractivity contribution in [2.24, 2.45) is 11.8 Å². The third kappa shape index (κ3) is 6.11. The van der Waals surface area contributed by atoms with Gasteiger partial charge in [0.15, 0.2) is 0 Å². The third-order valence-corrected chi connectivity index (χ3v) is 4.90. The number of rotatable bonds is 10. The molecule has 20 heavy (non-hydrogen) atoms. The number of hydrogen-bond acceptors (Lipinski definition) is 3. The predicted molar refractivity (Wildman–Crippen MR) is 87.0 cm³/mol. The lowest BCUT2D eigenvalue weighted by Crippen LogP contribution is -2.46. The molecule has 0 spiro atoms. The Labute approximate surface area is 126 Å². The lowest BCUT2D eigenvalue weighted by molar-refractivity contribution is 0.134. The van der Waals surface area contributed by atoms with Gasteiger partial charge in [-0.1, -0.05) is 27.2 Å². The molecular formula is C17H36N2O. The molecule has 0 amide bonds. The van der Waals surface area contributed by atoms with Crippen LogP contribution in [0.4, 0.5) is 0 Å². The third-order valence-electron chi connectivity index (χ3n) is 4.90. The fourth-order valence-corrected chi connectivity index (χ4v) is 3.54. The summed E-state index contributed by atoms with van der Waals surface area (Å²) in [5, 5.41) is 12.8. The van der Waals surface area contributed by atoms with Crippen LogP contribution in [0.5, 0.6) is 0 Å². The molecule has 1 fully saturated rings. The highest BCUT2D eigenvalue weighted by Crippen LogP contribution is 2.32. The van der Waals surface area contributed by atoms with Crippen molar-refractivity contribution in [1.29, 1.82) is 0 Å². The first-order valence-corrected chi connectivity index (χ1v) is 8.81. The molecule has 0 aromatic rings. The van der Waals surface area contributed by atoms with Crippen LogP contribution in [0.15, 0.2) is 0 Å². The van der Waals surface area contributed by atoms with Gasteiger partial charge in [0.25, 0.3) is 0 Å². The minimum Gasteiger partial charge on any atom is -0.396 e. The molecule has 1 rings (SSSR count). The van der Waals surface area contributed by atoms with Gasteiger partial charge < -0.3 is 15.3 Å². The fourth-order valence-electron chi connectivity index (χ4n) is 3.54. The molecule has 2 N–H and O–H groups in total. The van der Waals surface area contributed by atoms with Gasteiger partial charge in [0.1, 0.15) is 0 Å². The maximum Gasteiger partial charge on any atom is 0.0443 e. The molecule has 120 valence electrons. The monoisotopic (exact) mass is 284 g/mol. The molecule has 0 aromatic carbocycles. The summed E-state index contributed by atoms with van der Waals surface area (Å²) in [6.07, 6.45) is 7.60. The molecule has 0 aliphatic heterocycles. The van der Waals surface area contributed by atoms with Crippen LogP contribution in [0.1, 0.15) is 59.3 Å². The van der Waals surface area contributed by atoms with Gasteiger partial charge in [-0.2, -0.15) is 0 Å². The minimum absolute atomic E-state index is 0.316. The Morgan fingerprint density at radius 3 is 2.60 bits per heavy atom. The molecule has 3 nitrogen and oxygen atoms in total. The first-order valence-electron chi connectivity index (χ1n) is 8.81. The summed E-state index contributed by atoms with van der Waals surface area (Å²) in [5.41, 5.74) is 0. The van der Waals surface area contributed by atoms with Crippen molar-refractivity contribution in [1.82, 2.24) is 10.2 Å². The van der Waals surface area contributed by atoms with E-state index in [4.69, 9.17) is 5.11 Å². The Morgan fingerprint density at radius 1 is 1.20 bits per heavy atom. The van der Waals surface area contributed by atoms with Crippen LogP contribution in [0.2, 0.25) is 0 Å². The van der Waals surface area contributed by atoms with Crippen LogP contribution in [0.25, 0.3) is 0 Å². The van der Waals surface area contributed by atoms with Gasteiger partial charge in [0.05, 0.1) is 0 Å². The zero-order valence-corrected chi connectivity index (χ0v) is 13.9. The van der Waals surface area contributed by atoms with Crippen molar-refractivity contribution in [3.05, 3.63) is 0 Å². The van der Waals surface area contributed by atoms with E-state index in [0.29, 0.717) is 12.6 Å².